The lowest BCUT2D eigenvalue weighted by molar-refractivity contribution is 0.0734. The standard InChI is InChI=1S/C20H19N3O2/c1-13-6-4-5-7-18(13)19(24)25-17-10-8-16(9-11-17)23-20-21-14(2)12-15(3)22-20/h4-12H,1-3H3,(H,21,22,23). The number of esters is 1. The summed E-state index contributed by atoms with van der Waals surface area (Å²) in [5.41, 5.74) is 4.07. The van der Waals surface area contributed by atoms with Crippen LogP contribution in [0.25, 0.3) is 0 Å². The minimum Gasteiger partial charge on any atom is -0.423 e. The molecule has 3 aromatic rings. The van der Waals surface area contributed by atoms with Crippen LogP contribution in [-0.4, -0.2) is 15.9 Å². The number of ether oxygens (including phenoxy) is 1. The van der Waals surface area contributed by atoms with Crippen LogP contribution in [0.2, 0.25) is 0 Å². The summed E-state index contributed by atoms with van der Waals surface area (Å²) in [5, 5.41) is 3.14. The Bertz CT molecular complexity index is 885. The molecule has 0 saturated heterocycles. The van der Waals surface area contributed by atoms with Crippen molar-refractivity contribution in [2.24, 2.45) is 0 Å². The van der Waals surface area contributed by atoms with Gasteiger partial charge in [0.25, 0.3) is 0 Å². The molecule has 126 valence electrons. The SMILES string of the molecule is Cc1cc(C)nc(Nc2ccc(OC(=O)c3ccccc3C)cc2)n1. The van der Waals surface area contributed by atoms with Gasteiger partial charge in [-0.3, -0.25) is 0 Å². The lowest BCUT2D eigenvalue weighted by atomic mass is 10.1. The molecule has 0 aliphatic heterocycles. The molecule has 0 fully saturated rings. The summed E-state index contributed by atoms with van der Waals surface area (Å²) in [6.07, 6.45) is 0. The molecule has 0 atom stereocenters. The molecule has 0 radical (unpaired) electrons. The van der Waals surface area contributed by atoms with E-state index in [9.17, 15) is 4.79 Å². The Morgan fingerprint density at radius 2 is 1.56 bits per heavy atom. The number of aryl methyl sites for hydroxylation is 3. The average Bonchev–Trinajstić information content (AvgIpc) is 2.56. The first-order valence-electron chi connectivity index (χ1n) is 7.98. The first kappa shape index (κ1) is 16.6. The molecule has 25 heavy (non-hydrogen) atoms. The molecule has 0 amide bonds. The fraction of sp³-hybridized carbons (Fsp3) is 0.150. The maximum absolute atomic E-state index is 12.2. The first-order chi connectivity index (χ1) is 12.0. The molecule has 0 unspecified atom stereocenters. The van der Waals surface area contributed by atoms with Crippen molar-refractivity contribution < 1.29 is 9.53 Å². The second kappa shape index (κ2) is 7.13. The summed E-state index contributed by atoms with van der Waals surface area (Å²) in [6, 6.07) is 16.4. The summed E-state index contributed by atoms with van der Waals surface area (Å²) in [6.45, 7) is 5.73. The van der Waals surface area contributed by atoms with Crippen LogP contribution < -0.4 is 10.1 Å². The zero-order valence-electron chi connectivity index (χ0n) is 14.4. The third kappa shape index (κ3) is 4.20. The minimum absolute atomic E-state index is 0.364. The molecular formula is C20H19N3O2. The van der Waals surface area contributed by atoms with Crippen molar-refractivity contribution in [2.45, 2.75) is 20.8 Å². The van der Waals surface area contributed by atoms with E-state index in [1.165, 1.54) is 0 Å². The van der Waals surface area contributed by atoms with Gasteiger partial charge in [0.1, 0.15) is 5.75 Å². The largest absolute Gasteiger partial charge is 0.423 e. The highest BCUT2D eigenvalue weighted by Gasteiger charge is 2.11. The first-order valence-corrected chi connectivity index (χ1v) is 7.98. The summed E-state index contributed by atoms with van der Waals surface area (Å²) in [5.74, 6) is 0.666. The predicted octanol–water partition coefficient (Wildman–Crippen LogP) is 4.36. The van der Waals surface area contributed by atoms with Gasteiger partial charge in [-0.1, -0.05) is 18.2 Å². The van der Waals surface area contributed by atoms with E-state index in [1.54, 1.807) is 18.2 Å². The van der Waals surface area contributed by atoms with Crippen molar-refractivity contribution in [1.82, 2.24) is 9.97 Å². The third-order valence-electron chi connectivity index (χ3n) is 3.67. The fourth-order valence-corrected chi connectivity index (χ4v) is 2.48. The normalized spacial score (nSPS) is 10.4. The molecule has 2 aromatic carbocycles. The number of hydrogen-bond acceptors (Lipinski definition) is 5. The van der Waals surface area contributed by atoms with Gasteiger partial charge in [-0.15, -0.1) is 0 Å². The number of rotatable bonds is 4. The van der Waals surface area contributed by atoms with E-state index < -0.39 is 0 Å². The number of carbonyl (C=O) groups is 1. The molecule has 0 bridgehead atoms. The van der Waals surface area contributed by atoms with Crippen molar-refractivity contribution in [2.75, 3.05) is 5.32 Å². The van der Waals surface area contributed by atoms with Gasteiger partial charge in [0, 0.05) is 17.1 Å². The summed E-state index contributed by atoms with van der Waals surface area (Å²) < 4.78 is 5.43. The number of nitrogens with one attached hydrogen (secondary N) is 1. The summed E-state index contributed by atoms with van der Waals surface area (Å²) in [7, 11) is 0. The quantitative estimate of drug-likeness (QED) is 0.567. The molecule has 0 spiro atoms. The van der Waals surface area contributed by atoms with Crippen LogP contribution in [0.3, 0.4) is 0 Å². The molecule has 0 aliphatic carbocycles. The Kier molecular flexibility index (Phi) is 4.75. The number of hydrogen-bond donors (Lipinski definition) is 1. The maximum atomic E-state index is 12.2. The van der Waals surface area contributed by atoms with Crippen LogP contribution >= 0.6 is 0 Å². The highest BCUT2D eigenvalue weighted by atomic mass is 16.5. The van der Waals surface area contributed by atoms with Gasteiger partial charge >= 0.3 is 5.97 Å². The van der Waals surface area contributed by atoms with E-state index in [2.05, 4.69) is 15.3 Å². The van der Waals surface area contributed by atoms with Crippen LogP contribution in [0.4, 0.5) is 11.6 Å². The van der Waals surface area contributed by atoms with Crippen molar-refractivity contribution in [3.63, 3.8) is 0 Å². The Labute approximate surface area is 146 Å². The van der Waals surface area contributed by atoms with E-state index in [-0.39, 0.29) is 5.97 Å². The Morgan fingerprint density at radius 1 is 0.920 bits per heavy atom. The highest BCUT2D eigenvalue weighted by Crippen LogP contribution is 2.20. The zero-order valence-corrected chi connectivity index (χ0v) is 14.4. The van der Waals surface area contributed by atoms with Crippen molar-refractivity contribution >= 4 is 17.6 Å². The predicted molar refractivity (Wildman–Crippen MR) is 97.4 cm³/mol. The number of carbonyl (C=O) groups excluding carboxylic acids is 1. The maximum Gasteiger partial charge on any atom is 0.343 e. The molecule has 5 nitrogen and oxygen atoms in total. The summed E-state index contributed by atoms with van der Waals surface area (Å²) >= 11 is 0. The van der Waals surface area contributed by atoms with E-state index in [0.717, 1.165) is 22.6 Å². The lowest BCUT2D eigenvalue weighted by Gasteiger charge is -2.09. The average molecular weight is 333 g/mol. The Morgan fingerprint density at radius 3 is 2.20 bits per heavy atom. The van der Waals surface area contributed by atoms with Crippen LogP contribution in [0, 0.1) is 20.8 Å². The van der Waals surface area contributed by atoms with Crippen molar-refractivity contribution in [1.29, 1.82) is 0 Å². The third-order valence-corrected chi connectivity index (χ3v) is 3.67. The van der Waals surface area contributed by atoms with Gasteiger partial charge in [0.15, 0.2) is 0 Å². The lowest BCUT2D eigenvalue weighted by Crippen LogP contribution is -2.10. The molecule has 3 rings (SSSR count). The second-order valence-corrected chi connectivity index (χ2v) is 5.83. The molecule has 0 aliphatic rings. The monoisotopic (exact) mass is 333 g/mol. The number of benzene rings is 2. The minimum atomic E-state index is -0.364. The van der Waals surface area contributed by atoms with Gasteiger partial charge in [0.2, 0.25) is 5.95 Å². The topological polar surface area (TPSA) is 64.1 Å². The zero-order chi connectivity index (χ0) is 17.8. The van der Waals surface area contributed by atoms with Crippen molar-refractivity contribution in [3.05, 3.63) is 77.1 Å². The van der Waals surface area contributed by atoms with Gasteiger partial charge in [0.05, 0.1) is 5.56 Å². The number of nitrogens with zero attached hydrogens (tertiary/aromatic N) is 2. The smallest absolute Gasteiger partial charge is 0.343 e. The highest BCUT2D eigenvalue weighted by molar-refractivity contribution is 5.92. The van der Waals surface area contributed by atoms with Gasteiger partial charge in [-0.25, -0.2) is 14.8 Å². The van der Waals surface area contributed by atoms with E-state index in [4.69, 9.17) is 4.74 Å². The van der Waals surface area contributed by atoms with Crippen LogP contribution in [0.5, 0.6) is 5.75 Å². The van der Waals surface area contributed by atoms with Crippen LogP contribution in [-0.2, 0) is 0 Å². The van der Waals surface area contributed by atoms with Crippen molar-refractivity contribution in [3.8, 4) is 5.75 Å². The van der Waals surface area contributed by atoms with E-state index in [1.807, 2.05) is 57.2 Å². The molecule has 1 aromatic heterocycles. The Balaban J connectivity index is 1.70. The molecule has 0 saturated carbocycles. The second-order valence-electron chi connectivity index (χ2n) is 5.83. The Hall–Kier alpha value is -3.21. The fourth-order valence-electron chi connectivity index (χ4n) is 2.48. The van der Waals surface area contributed by atoms with Crippen LogP contribution in [0.1, 0.15) is 27.3 Å². The molecule has 5 heteroatoms. The molecule has 1 heterocycles. The molecular weight excluding hydrogens is 314 g/mol. The number of anilines is 2. The number of aromatic nitrogens is 2. The molecule has 1 N–H and O–H groups in total. The van der Waals surface area contributed by atoms with Crippen LogP contribution in [0.15, 0.2) is 54.6 Å². The van der Waals surface area contributed by atoms with Gasteiger partial charge in [-0.2, -0.15) is 0 Å². The van der Waals surface area contributed by atoms with Gasteiger partial charge < -0.3 is 10.1 Å². The van der Waals surface area contributed by atoms with Gasteiger partial charge in [-0.05, 0) is 62.7 Å². The van der Waals surface area contributed by atoms with E-state index >= 15 is 0 Å². The summed E-state index contributed by atoms with van der Waals surface area (Å²) in [4.78, 5) is 20.9. The van der Waals surface area contributed by atoms with E-state index in [0.29, 0.717) is 17.3 Å².